The summed E-state index contributed by atoms with van der Waals surface area (Å²) in [5, 5.41) is 7.20. The first kappa shape index (κ1) is 7.17. The van der Waals surface area contributed by atoms with Gasteiger partial charge in [-0.1, -0.05) is 0 Å². The zero-order chi connectivity index (χ0) is 7.68. The molecule has 0 saturated heterocycles. The van der Waals surface area contributed by atoms with Crippen molar-refractivity contribution in [1.82, 2.24) is 10.2 Å². The number of halogens is 1. The van der Waals surface area contributed by atoms with E-state index >= 15 is 0 Å². The van der Waals surface area contributed by atoms with E-state index in [2.05, 4.69) is 10.2 Å². The maximum Gasteiger partial charge on any atom is 0.0804 e. The minimum absolute atomic E-state index is 0.547. The fourth-order valence-electron chi connectivity index (χ4n) is 1.66. The molecule has 0 aliphatic heterocycles. The van der Waals surface area contributed by atoms with Crippen LogP contribution in [0.5, 0.6) is 0 Å². The van der Waals surface area contributed by atoms with Crippen LogP contribution in [0.1, 0.15) is 29.8 Å². The third-order valence-electron chi connectivity index (χ3n) is 2.27. The van der Waals surface area contributed by atoms with E-state index in [0.29, 0.717) is 5.88 Å². The highest BCUT2D eigenvalue weighted by molar-refractivity contribution is 6.17. The van der Waals surface area contributed by atoms with Crippen LogP contribution in [0.4, 0.5) is 0 Å². The number of aromatic amines is 1. The summed E-state index contributed by atoms with van der Waals surface area (Å²) in [6, 6.07) is 0. The van der Waals surface area contributed by atoms with Crippen molar-refractivity contribution in [3.63, 3.8) is 0 Å². The van der Waals surface area contributed by atoms with E-state index < -0.39 is 0 Å². The summed E-state index contributed by atoms with van der Waals surface area (Å²) >= 11 is 5.72. The number of nitrogens with one attached hydrogen (secondary N) is 1. The van der Waals surface area contributed by atoms with Gasteiger partial charge in [0.05, 0.1) is 11.6 Å². The molecule has 3 heteroatoms. The van der Waals surface area contributed by atoms with Gasteiger partial charge >= 0.3 is 0 Å². The van der Waals surface area contributed by atoms with Crippen molar-refractivity contribution in [1.29, 1.82) is 0 Å². The molecule has 2 rings (SSSR count). The molecule has 1 aromatic rings. The first-order chi connectivity index (χ1) is 5.42. The average molecular weight is 171 g/mol. The molecule has 1 aliphatic carbocycles. The average Bonchev–Trinajstić information content (AvgIpc) is 2.47. The predicted octanol–water partition coefficient (Wildman–Crippen LogP) is 2.03. The molecule has 60 valence electrons. The van der Waals surface area contributed by atoms with Crippen LogP contribution in [0.15, 0.2) is 0 Å². The second kappa shape index (κ2) is 2.86. The molecule has 0 fully saturated rings. The van der Waals surface area contributed by atoms with Gasteiger partial charge in [0.2, 0.25) is 0 Å². The zero-order valence-electron chi connectivity index (χ0n) is 6.36. The molecule has 2 nitrogen and oxygen atoms in total. The van der Waals surface area contributed by atoms with Crippen molar-refractivity contribution in [3.8, 4) is 0 Å². The Bertz CT molecular complexity index is 241. The molecule has 0 bridgehead atoms. The molecule has 1 aliphatic rings. The van der Waals surface area contributed by atoms with E-state index in [1.807, 2.05) is 0 Å². The Labute approximate surface area is 71.0 Å². The van der Waals surface area contributed by atoms with Crippen LogP contribution in [0.2, 0.25) is 0 Å². The number of H-pyrrole nitrogens is 1. The lowest BCUT2D eigenvalue weighted by atomic mass is 9.96. The van der Waals surface area contributed by atoms with Crippen LogP contribution >= 0.6 is 11.6 Å². The molecule has 0 unspecified atom stereocenters. The molecule has 1 heterocycles. The standard InChI is InChI=1S/C8H11ClN2/c9-5-8-6-3-1-2-4-7(6)10-11-8/h1-5H2,(H,10,11). The summed E-state index contributed by atoms with van der Waals surface area (Å²) in [5.74, 6) is 0.547. The molecule has 11 heavy (non-hydrogen) atoms. The van der Waals surface area contributed by atoms with Gasteiger partial charge in [-0.05, 0) is 31.2 Å². The van der Waals surface area contributed by atoms with E-state index in [4.69, 9.17) is 11.6 Å². The molecular formula is C8H11ClN2. The summed E-state index contributed by atoms with van der Waals surface area (Å²) in [5.41, 5.74) is 3.75. The van der Waals surface area contributed by atoms with Crippen LogP contribution in [0.25, 0.3) is 0 Å². The summed E-state index contributed by atoms with van der Waals surface area (Å²) in [7, 11) is 0. The Kier molecular flexibility index (Phi) is 1.86. The summed E-state index contributed by atoms with van der Waals surface area (Å²) in [6.45, 7) is 0. The highest BCUT2D eigenvalue weighted by Crippen LogP contribution is 2.22. The van der Waals surface area contributed by atoms with E-state index in [9.17, 15) is 0 Å². The van der Waals surface area contributed by atoms with Crippen LogP contribution in [-0.2, 0) is 18.7 Å². The highest BCUT2D eigenvalue weighted by Gasteiger charge is 2.15. The Hall–Kier alpha value is -0.500. The third kappa shape index (κ3) is 1.16. The topological polar surface area (TPSA) is 28.7 Å². The molecule has 1 aromatic heterocycles. The molecule has 0 spiro atoms. The van der Waals surface area contributed by atoms with E-state index in [1.165, 1.54) is 24.1 Å². The lowest BCUT2D eigenvalue weighted by Crippen LogP contribution is -2.01. The summed E-state index contributed by atoms with van der Waals surface area (Å²) in [4.78, 5) is 0. The van der Waals surface area contributed by atoms with Gasteiger partial charge in [-0.3, -0.25) is 5.10 Å². The number of alkyl halides is 1. The van der Waals surface area contributed by atoms with Gasteiger partial charge < -0.3 is 0 Å². The first-order valence-corrected chi connectivity index (χ1v) is 4.56. The van der Waals surface area contributed by atoms with Crippen molar-refractivity contribution in [2.75, 3.05) is 0 Å². The minimum Gasteiger partial charge on any atom is -0.282 e. The quantitative estimate of drug-likeness (QED) is 0.642. The Balaban J connectivity index is 2.38. The van der Waals surface area contributed by atoms with Crippen molar-refractivity contribution < 1.29 is 0 Å². The lowest BCUT2D eigenvalue weighted by molar-refractivity contribution is 0.673. The van der Waals surface area contributed by atoms with Crippen molar-refractivity contribution in [2.24, 2.45) is 0 Å². The van der Waals surface area contributed by atoms with E-state index in [1.54, 1.807) is 0 Å². The SMILES string of the molecule is ClCc1n[nH]c2c1CCCC2. The first-order valence-electron chi connectivity index (χ1n) is 4.03. The van der Waals surface area contributed by atoms with Gasteiger partial charge in [0.25, 0.3) is 0 Å². The highest BCUT2D eigenvalue weighted by atomic mass is 35.5. The van der Waals surface area contributed by atoms with Gasteiger partial charge in [-0.25, -0.2) is 0 Å². The Morgan fingerprint density at radius 2 is 2.18 bits per heavy atom. The smallest absolute Gasteiger partial charge is 0.0804 e. The molecule has 0 amide bonds. The maximum atomic E-state index is 5.72. The Morgan fingerprint density at radius 3 is 3.00 bits per heavy atom. The van der Waals surface area contributed by atoms with Crippen LogP contribution in [0.3, 0.4) is 0 Å². The van der Waals surface area contributed by atoms with Gasteiger partial charge in [0.15, 0.2) is 0 Å². The predicted molar refractivity (Wildman–Crippen MR) is 44.8 cm³/mol. The molecule has 0 saturated carbocycles. The molecule has 0 radical (unpaired) electrons. The summed E-state index contributed by atoms with van der Waals surface area (Å²) < 4.78 is 0. The number of hydrogen-bond acceptors (Lipinski definition) is 1. The molecular weight excluding hydrogens is 160 g/mol. The number of aryl methyl sites for hydroxylation is 1. The largest absolute Gasteiger partial charge is 0.282 e. The van der Waals surface area contributed by atoms with Crippen LogP contribution in [0, 0.1) is 0 Å². The molecule has 0 atom stereocenters. The zero-order valence-corrected chi connectivity index (χ0v) is 7.12. The number of rotatable bonds is 1. The second-order valence-corrected chi connectivity index (χ2v) is 3.24. The molecule has 0 aromatic carbocycles. The number of aromatic nitrogens is 2. The number of nitrogens with zero attached hydrogens (tertiary/aromatic N) is 1. The van der Waals surface area contributed by atoms with Crippen LogP contribution in [-0.4, -0.2) is 10.2 Å². The summed E-state index contributed by atoms with van der Waals surface area (Å²) in [6.07, 6.45) is 4.89. The van der Waals surface area contributed by atoms with Crippen LogP contribution < -0.4 is 0 Å². The third-order valence-corrected chi connectivity index (χ3v) is 2.52. The maximum absolute atomic E-state index is 5.72. The van der Waals surface area contributed by atoms with E-state index in [0.717, 1.165) is 18.5 Å². The number of fused-ring (bicyclic) bond motifs is 1. The van der Waals surface area contributed by atoms with Crippen molar-refractivity contribution >= 4 is 11.6 Å². The van der Waals surface area contributed by atoms with Gasteiger partial charge in [-0.2, -0.15) is 5.10 Å². The number of hydrogen-bond donors (Lipinski definition) is 1. The fourth-order valence-corrected chi connectivity index (χ4v) is 1.88. The van der Waals surface area contributed by atoms with Gasteiger partial charge in [0, 0.05) is 5.69 Å². The van der Waals surface area contributed by atoms with E-state index in [-0.39, 0.29) is 0 Å². The van der Waals surface area contributed by atoms with Gasteiger partial charge in [-0.15, -0.1) is 11.6 Å². The minimum atomic E-state index is 0.547. The second-order valence-electron chi connectivity index (χ2n) is 2.97. The normalized spacial score (nSPS) is 16.5. The fraction of sp³-hybridized carbons (Fsp3) is 0.625. The Morgan fingerprint density at radius 1 is 1.36 bits per heavy atom. The molecule has 1 N–H and O–H groups in total. The van der Waals surface area contributed by atoms with Gasteiger partial charge in [0.1, 0.15) is 0 Å². The lowest BCUT2D eigenvalue weighted by Gasteiger charge is -2.09. The van der Waals surface area contributed by atoms with Crippen molar-refractivity contribution in [2.45, 2.75) is 31.6 Å². The monoisotopic (exact) mass is 170 g/mol. The van der Waals surface area contributed by atoms with Crippen molar-refractivity contribution in [3.05, 3.63) is 17.0 Å².